The molecule has 162 valence electrons. The quantitative estimate of drug-likeness (QED) is 0.701. The number of amides is 2. The normalized spacial score (nSPS) is 24.9. The summed E-state index contributed by atoms with van der Waals surface area (Å²) in [7, 11) is 0. The number of piperidine rings is 1. The van der Waals surface area contributed by atoms with Gasteiger partial charge in [-0.2, -0.15) is 0 Å². The molecular weight excluding hydrogens is 378 g/mol. The molecule has 1 aromatic carbocycles. The molecule has 1 N–H and O–H groups in total. The van der Waals surface area contributed by atoms with E-state index in [0.717, 1.165) is 69.8 Å². The highest BCUT2D eigenvalue weighted by Gasteiger charge is 2.49. The zero-order valence-corrected chi connectivity index (χ0v) is 17.8. The number of hydrogen-bond acceptors (Lipinski definition) is 4. The summed E-state index contributed by atoms with van der Waals surface area (Å²) in [4.78, 5) is 30.4. The smallest absolute Gasteiger partial charge is 0.232 e. The number of benzene rings is 1. The van der Waals surface area contributed by atoms with Gasteiger partial charge in [0.25, 0.3) is 0 Å². The molecule has 0 bridgehead atoms. The molecule has 1 atom stereocenters. The lowest BCUT2D eigenvalue weighted by molar-refractivity contribution is -0.141. The highest BCUT2D eigenvalue weighted by molar-refractivity contribution is 5.91. The standard InChI is InChI=1S/C24H33N3O3/c28-22-10-12-24(23(29)25-13-6-14-26-15-17-30-18-16-26)11-5-4-9-21(24)27(22)19-20-7-2-1-3-8-20/h1-3,7-9H,4-6,10-19H2,(H,25,29). The SMILES string of the molecule is O=C1CCC2(C(=O)NCCCN3CCOCC3)CCCC=C2N1Cc1ccccc1. The molecular formula is C24H33N3O3. The zero-order chi connectivity index (χ0) is 20.8. The number of hydrogen-bond donors (Lipinski definition) is 1. The second-order valence-electron chi connectivity index (χ2n) is 8.59. The molecule has 30 heavy (non-hydrogen) atoms. The fourth-order valence-corrected chi connectivity index (χ4v) is 4.96. The van der Waals surface area contributed by atoms with E-state index in [9.17, 15) is 9.59 Å². The van der Waals surface area contributed by atoms with Gasteiger partial charge in [0, 0.05) is 31.8 Å². The molecule has 1 aromatic rings. The maximum atomic E-state index is 13.4. The third-order valence-corrected chi connectivity index (χ3v) is 6.65. The Morgan fingerprint density at radius 3 is 2.73 bits per heavy atom. The van der Waals surface area contributed by atoms with Crippen molar-refractivity contribution in [1.82, 2.24) is 15.1 Å². The van der Waals surface area contributed by atoms with Gasteiger partial charge in [-0.1, -0.05) is 36.4 Å². The minimum Gasteiger partial charge on any atom is -0.379 e. The maximum Gasteiger partial charge on any atom is 0.232 e. The summed E-state index contributed by atoms with van der Waals surface area (Å²) in [6.45, 7) is 5.75. The average molecular weight is 412 g/mol. The Hall–Kier alpha value is -2.18. The van der Waals surface area contributed by atoms with Crippen LogP contribution in [0.5, 0.6) is 0 Å². The number of allylic oxidation sites excluding steroid dienone is 1. The first-order valence-corrected chi connectivity index (χ1v) is 11.3. The Morgan fingerprint density at radius 2 is 1.93 bits per heavy atom. The molecule has 2 fully saturated rings. The predicted molar refractivity (Wildman–Crippen MR) is 115 cm³/mol. The lowest BCUT2D eigenvalue weighted by Crippen LogP contribution is -2.53. The largest absolute Gasteiger partial charge is 0.379 e. The Balaban J connectivity index is 1.41. The number of carbonyl (C=O) groups excluding carboxylic acids is 2. The lowest BCUT2D eigenvalue weighted by Gasteiger charge is -2.46. The van der Waals surface area contributed by atoms with Crippen LogP contribution in [0.4, 0.5) is 0 Å². The van der Waals surface area contributed by atoms with Crippen molar-refractivity contribution in [3.8, 4) is 0 Å². The number of rotatable bonds is 7. The molecule has 1 aliphatic carbocycles. The van der Waals surface area contributed by atoms with Crippen LogP contribution in [0.2, 0.25) is 0 Å². The highest BCUT2D eigenvalue weighted by Crippen LogP contribution is 2.47. The van der Waals surface area contributed by atoms with Crippen LogP contribution in [-0.2, 0) is 20.9 Å². The van der Waals surface area contributed by atoms with Gasteiger partial charge >= 0.3 is 0 Å². The van der Waals surface area contributed by atoms with Gasteiger partial charge in [-0.25, -0.2) is 0 Å². The monoisotopic (exact) mass is 411 g/mol. The summed E-state index contributed by atoms with van der Waals surface area (Å²) in [6, 6.07) is 10.0. The summed E-state index contributed by atoms with van der Waals surface area (Å²) in [6.07, 6.45) is 6.89. The van der Waals surface area contributed by atoms with Gasteiger partial charge in [0.1, 0.15) is 0 Å². The van der Waals surface area contributed by atoms with Crippen LogP contribution < -0.4 is 5.32 Å². The summed E-state index contributed by atoms with van der Waals surface area (Å²) in [5.74, 6) is 0.226. The van der Waals surface area contributed by atoms with Crippen LogP contribution in [-0.4, -0.2) is 61.0 Å². The lowest BCUT2D eigenvalue weighted by atomic mass is 9.69. The second-order valence-corrected chi connectivity index (χ2v) is 8.59. The van der Waals surface area contributed by atoms with Crippen molar-refractivity contribution in [2.45, 2.75) is 45.1 Å². The molecule has 3 aliphatic rings. The van der Waals surface area contributed by atoms with Gasteiger partial charge in [-0.05, 0) is 44.2 Å². The van der Waals surface area contributed by atoms with Crippen LogP contribution in [0.3, 0.4) is 0 Å². The van der Waals surface area contributed by atoms with Crippen LogP contribution in [0, 0.1) is 5.41 Å². The molecule has 6 nitrogen and oxygen atoms in total. The van der Waals surface area contributed by atoms with E-state index in [1.165, 1.54) is 0 Å². The van der Waals surface area contributed by atoms with Crippen LogP contribution >= 0.6 is 0 Å². The van der Waals surface area contributed by atoms with E-state index in [0.29, 0.717) is 25.9 Å². The van der Waals surface area contributed by atoms with Crippen molar-refractivity contribution in [1.29, 1.82) is 0 Å². The van der Waals surface area contributed by atoms with Gasteiger partial charge in [-0.3, -0.25) is 14.5 Å². The van der Waals surface area contributed by atoms with Crippen LogP contribution in [0.15, 0.2) is 42.1 Å². The fraction of sp³-hybridized carbons (Fsp3) is 0.583. The number of nitrogens with one attached hydrogen (secondary N) is 1. The van der Waals surface area contributed by atoms with Gasteiger partial charge in [-0.15, -0.1) is 0 Å². The maximum absolute atomic E-state index is 13.4. The first-order valence-electron chi connectivity index (χ1n) is 11.3. The van der Waals surface area contributed by atoms with Crippen molar-refractivity contribution < 1.29 is 14.3 Å². The summed E-state index contributed by atoms with van der Waals surface area (Å²) in [5, 5.41) is 3.21. The molecule has 4 rings (SSSR count). The third-order valence-electron chi connectivity index (χ3n) is 6.65. The Morgan fingerprint density at radius 1 is 1.13 bits per heavy atom. The van der Waals surface area contributed by atoms with Crippen molar-refractivity contribution in [3.05, 3.63) is 47.7 Å². The Labute approximate surface area is 179 Å². The van der Waals surface area contributed by atoms with Crippen molar-refractivity contribution >= 4 is 11.8 Å². The van der Waals surface area contributed by atoms with Gasteiger partial charge in [0.15, 0.2) is 0 Å². The predicted octanol–water partition coefficient (Wildman–Crippen LogP) is 2.70. The first-order chi connectivity index (χ1) is 14.7. The molecule has 0 spiro atoms. The molecule has 0 saturated carbocycles. The number of ether oxygens (including phenoxy) is 1. The minimum absolute atomic E-state index is 0.0981. The van der Waals surface area contributed by atoms with Crippen molar-refractivity contribution in [2.75, 3.05) is 39.4 Å². The molecule has 2 aliphatic heterocycles. The molecule has 2 heterocycles. The topological polar surface area (TPSA) is 61.9 Å². The molecule has 0 radical (unpaired) electrons. The summed E-state index contributed by atoms with van der Waals surface area (Å²) >= 11 is 0. The second kappa shape index (κ2) is 9.75. The summed E-state index contributed by atoms with van der Waals surface area (Å²) < 4.78 is 5.39. The van der Waals surface area contributed by atoms with Crippen LogP contribution in [0.1, 0.15) is 44.1 Å². The number of nitrogens with zero attached hydrogens (tertiary/aromatic N) is 2. The van der Waals surface area contributed by atoms with E-state index in [1.807, 2.05) is 35.2 Å². The first kappa shape index (κ1) is 21.1. The number of morpholine rings is 1. The van der Waals surface area contributed by atoms with Gasteiger partial charge in [0.05, 0.1) is 25.2 Å². The molecule has 0 aromatic heterocycles. The number of carbonyl (C=O) groups is 2. The minimum atomic E-state index is -0.556. The highest BCUT2D eigenvalue weighted by atomic mass is 16.5. The van der Waals surface area contributed by atoms with E-state index >= 15 is 0 Å². The fourth-order valence-electron chi connectivity index (χ4n) is 4.96. The van der Waals surface area contributed by atoms with E-state index < -0.39 is 5.41 Å². The van der Waals surface area contributed by atoms with Gasteiger partial charge < -0.3 is 15.0 Å². The Bertz CT molecular complexity index is 773. The van der Waals surface area contributed by atoms with E-state index in [1.54, 1.807) is 0 Å². The number of fused-ring (bicyclic) bond motifs is 1. The summed E-state index contributed by atoms with van der Waals surface area (Å²) in [5.41, 5.74) is 1.47. The average Bonchev–Trinajstić information content (AvgIpc) is 2.80. The third kappa shape index (κ3) is 4.60. The van der Waals surface area contributed by atoms with Crippen molar-refractivity contribution in [2.24, 2.45) is 5.41 Å². The molecule has 6 heteroatoms. The number of likely N-dealkylation sites (tertiary alicyclic amines) is 1. The molecule has 2 saturated heterocycles. The van der Waals surface area contributed by atoms with E-state index in [-0.39, 0.29) is 11.8 Å². The molecule has 2 amide bonds. The van der Waals surface area contributed by atoms with Crippen LogP contribution in [0.25, 0.3) is 0 Å². The Kier molecular flexibility index (Phi) is 6.85. The van der Waals surface area contributed by atoms with E-state index in [2.05, 4.69) is 16.3 Å². The van der Waals surface area contributed by atoms with Crippen molar-refractivity contribution in [3.63, 3.8) is 0 Å². The zero-order valence-electron chi connectivity index (χ0n) is 17.8. The van der Waals surface area contributed by atoms with E-state index in [4.69, 9.17) is 4.74 Å². The molecule has 1 unspecified atom stereocenters. The van der Waals surface area contributed by atoms with Gasteiger partial charge in [0.2, 0.25) is 11.8 Å².